The van der Waals surface area contributed by atoms with Gasteiger partial charge in [0.05, 0.1) is 0 Å². The molecule has 15 heavy (non-hydrogen) atoms. The van der Waals surface area contributed by atoms with Gasteiger partial charge in [0, 0.05) is 11.8 Å². The van der Waals surface area contributed by atoms with E-state index in [4.69, 9.17) is 0 Å². The molecule has 5 heteroatoms. The molecule has 0 amide bonds. The van der Waals surface area contributed by atoms with Crippen molar-refractivity contribution in [2.45, 2.75) is 43.0 Å². The first kappa shape index (κ1) is 11.4. The topological polar surface area (TPSA) is 37.8 Å². The lowest BCUT2D eigenvalue weighted by atomic mass is 10.0. The van der Waals surface area contributed by atoms with E-state index in [-0.39, 0.29) is 0 Å². The molecule has 1 saturated heterocycles. The SMILES string of the molecule is Cc1nnc(SCC[C@@H]2CCCCN2)s1. The van der Waals surface area contributed by atoms with E-state index >= 15 is 0 Å². The molecule has 0 spiro atoms. The molecule has 0 aliphatic carbocycles. The summed E-state index contributed by atoms with van der Waals surface area (Å²) in [4.78, 5) is 0. The van der Waals surface area contributed by atoms with Crippen LogP contribution in [0.5, 0.6) is 0 Å². The second kappa shape index (κ2) is 5.82. The zero-order valence-electron chi connectivity index (χ0n) is 9.03. The Morgan fingerprint density at radius 2 is 2.40 bits per heavy atom. The Balaban J connectivity index is 1.65. The Hall–Kier alpha value is -0.130. The Kier molecular flexibility index (Phi) is 4.41. The van der Waals surface area contributed by atoms with Crippen LogP contribution >= 0.6 is 23.1 Å². The summed E-state index contributed by atoms with van der Waals surface area (Å²) in [6.45, 7) is 3.21. The zero-order valence-corrected chi connectivity index (χ0v) is 10.7. The van der Waals surface area contributed by atoms with Gasteiger partial charge in [-0.2, -0.15) is 0 Å². The largest absolute Gasteiger partial charge is 0.314 e. The van der Waals surface area contributed by atoms with E-state index in [9.17, 15) is 0 Å². The van der Waals surface area contributed by atoms with Crippen LogP contribution in [0.25, 0.3) is 0 Å². The smallest absolute Gasteiger partial charge is 0.174 e. The molecule has 1 fully saturated rings. The van der Waals surface area contributed by atoms with E-state index in [0.29, 0.717) is 0 Å². The molecule has 1 N–H and O–H groups in total. The summed E-state index contributed by atoms with van der Waals surface area (Å²) in [6, 6.07) is 0.736. The highest BCUT2D eigenvalue weighted by Gasteiger charge is 2.12. The molecule has 1 aliphatic rings. The highest BCUT2D eigenvalue weighted by Crippen LogP contribution is 2.23. The molecular weight excluding hydrogens is 226 g/mol. The van der Waals surface area contributed by atoms with Crippen molar-refractivity contribution in [3.8, 4) is 0 Å². The summed E-state index contributed by atoms with van der Waals surface area (Å²) >= 11 is 3.53. The molecular formula is C10H17N3S2. The molecule has 1 atom stereocenters. The van der Waals surface area contributed by atoms with Crippen molar-refractivity contribution in [2.24, 2.45) is 0 Å². The lowest BCUT2D eigenvalue weighted by Crippen LogP contribution is -2.34. The quantitative estimate of drug-likeness (QED) is 0.824. The van der Waals surface area contributed by atoms with E-state index in [1.165, 1.54) is 32.2 Å². The van der Waals surface area contributed by atoms with Crippen molar-refractivity contribution in [1.29, 1.82) is 0 Å². The minimum Gasteiger partial charge on any atom is -0.314 e. The number of piperidine rings is 1. The highest BCUT2D eigenvalue weighted by atomic mass is 32.2. The van der Waals surface area contributed by atoms with Gasteiger partial charge in [0.2, 0.25) is 0 Å². The van der Waals surface area contributed by atoms with Gasteiger partial charge in [-0.1, -0.05) is 29.5 Å². The van der Waals surface area contributed by atoms with Gasteiger partial charge in [0.25, 0.3) is 0 Å². The van der Waals surface area contributed by atoms with E-state index in [1.807, 2.05) is 18.7 Å². The number of nitrogens with one attached hydrogen (secondary N) is 1. The number of hydrogen-bond donors (Lipinski definition) is 1. The third kappa shape index (κ3) is 3.74. The van der Waals surface area contributed by atoms with Gasteiger partial charge in [-0.15, -0.1) is 10.2 Å². The Bertz CT molecular complexity index is 295. The molecule has 3 nitrogen and oxygen atoms in total. The van der Waals surface area contributed by atoms with Gasteiger partial charge in [-0.05, 0) is 32.7 Å². The summed E-state index contributed by atoms with van der Waals surface area (Å²) in [6.07, 6.45) is 5.33. The first-order valence-corrected chi connectivity index (χ1v) is 7.31. The molecule has 2 heterocycles. The van der Waals surface area contributed by atoms with Gasteiger partial charge >= 0.3 is 0 Å². The molecule has 0 aromatic carbocycles. The van der Waals surface area contributed by atoms with Crippen LogP contribution in [0.4, 0.5) is 0 Å². The molecule has 2 rings (SSSR count). The van der Waals surface area contributed by atoms with E-state index < -0.39 is 0 Å². The molecule has 0 radical (unpaired) electrons. The summed E-state index contributed by atoms with van der Waals surface area (Å²) in [5.41, 5.74) is 0. The lowest BCUT2D eigenvalue weighted by Gasteiger charge is -2.22. The molecule has 0 unspecified atom stereocenters. The van der Waals surface area contributed by atoms with Crippen molar-refractivity contribution >= 4 is 23.1 Å². The predicted molar refractivity (Wildman–Crippen MR) is 65.6 cm³/mol. The number of thioether (sulfide) groups is 1. The van der Waals surface area contributed by atoms with Crippen LogP contribution in [0.15, 0.2) is 4.34 Å². The monoisotopic (exact) mass is 243 g/mol. The second-order valence-electron chi connectivity index (χ2n) is 3.87. The number of aromatic nitrogens is 2. The second-order valence-corrected chi connectivity index (χ2v) is 6.39. The Morgan fingerprint density at radius 3 is 3.07 bits per heavy atom. The van der Waals surface area contributed by atoms with E-state index in [2.05, 4.69) is 15.5 Å². The maximum atomic E-state index is 4.11. The van der Waals surface area contributed by atoms with Crippen molar-refractivity contribution in [3.63, 3.8) is 0 Å². The normalized spacial score (nSPS) is 21.8. The first-order chi connectivity index (χ1) is 7.34. The van der Waals surface area contributed by atoms with Crippen LogP contribution in [0, 0.1) is 6.92 Å². The molecule has 0 saturated carbocycles. The van der Waals surface area contributed by atoms with Gasteiger partial charge in [0.1, 0.15) is 5.01 Å². The highest BCUT2D eigenvalue weighted by molar-refractivity contribution is 8.01. The van der Waals surface area contributed by atoms with Crippen molar-refractivity contribution in [2.75, 3.05) is 12.3 Å². The number of aryl methyl sites for hydroxylation is 1. The third-order valence-electron chi connectivity index (χ3n) is 2.61. The fourth-order valence-electron chi connectivity index (χ4n) is 1.80. The number of nitrogens with zero attached hydrogens (tertiary/aromatic N) is 2. The molecule has 0 bridgehead atoms. The first-order valence-electron chi connectivity index (χ1n) is 5.51. The van der Waals surface area contributed by atoms with Gasteiger partial charge in [-0.25, -0.2) is 0 Å². The fourth-order valence-corrected chi connectivity index (χ4v) is 3.73. The summed E-state index contributed by atoms with van der Waals surface area (Å²) < 4.78 is 1.11. The van der Waals surface area contributed by atoms with Crippen molar-refractivity contribution in [1.82, 2.24) is 15.5 Å². The lowest BCUT2D eigenvalue weighted by molar-refractivity contribution is 0.395. The number of rotatable bonds is 4. The van der Waals surface area contributed by atoms with Crippen LogP contribution < -0.4 is 5.32 Å². The third-order valence-corrected chi connectivity index (χ3v) is 4.62. The van der Waals surface area contributed by atoms with E-state index in [0.717, 1.165) is 21.1 Å². The Labute approximate surface area is 99.1 Å². The average Bonchev–Trinajstić information content (AvgIpc) is 2.66. The van der Waals surface area contributed by atoms with Crippen LogP contribution in [-0.2, 0) is 0 Å². The molecule has 1 aromatic heterocycles. The van der Waals surface area contributed by atoms with Gasteiger partial charge < -0.3 is 5.32 Å². The van der Waals surface area contributed by atoms with Gasteiger partial charge in [0.15, 0.2) is 4.34 Å². The van der Waals surface area contributed by atoms with E-state index in [1.54, 1.807) is 11.3 Å². The van der Waals surface area contributed by atoms with Gasteiger partial charge in [-0.3, -0.25) is 0 Å². The Morgan fingerprint density at radius 1 is 1.47 bits per heavy atom. The summed E-state index contributed by atoms with van der Waals surface area (Å²) in [5, 5.41) is 12.8. The fraction of sp³-hybridized carbons (Fsp3) is 0.800. The predicted octanol–water partition coefficient (Wildman–Crippen LogP) is 2.47. The van der Waals surface area contributed by atoms with Crippen LogP contribution in [0.1, 0.15) is 30.7 Å². The molecule has 1 aliphatic heterocycles. The van der Waals surface area contributed by atoms with Crippen molar-refractivity contribution < 1.29 is 0 Å². The van der Waals surface area contributed by atoms with Crippen molar-refractivity contribution in [3.05, 3.63) is 5.01 Å². The summed E-state index contributed by atoms with van der Waals surface area (Å²) in [5.74, 6) is 1.16. The van der Waals surface area contributed by atoms with Crippen LogP contribution in [-0.4, -0.2) is 28.5 Å². The van der Waals surface area contributed by atoms with Crippen LogP contribution in [0.2, 0.25) is 0 Å². The summed E-state index contributed by atoms with van der Waals surface area (Å²) in [7, 11) is 0. The average molecular weight is 243 g/mol. The standard InChI is InChI=1S/C10H17N3S2/c1-8-12-13-10(15-8)14-7-5-9-4-2-3-6-11-9/h9,11H,2-7H2,1H3/t9-/m0/s1. The maximum Gasteiger partial charge on any atom is 0.174 e. The minimum atomic E-state index is 0.736. The number of hydrogen-bond acceptors (Lipinski definition) is 5. The molecule has 1 aromatic rings. The van der Waals surface area contributed by atoms with Crippen LogP contribution in [0.3, 0.4) is 0 Å². The maximum absolute atomic E-state index is 4.11. The minimum absolute atomic E-state index is 0.736. The molecule has 84 valence electrons. The zero-order chi connectivity index (χ0) is 10.5.